The summed E-state index contributed by atoms with van der Waals surface area (Å²) in [5, 5.41) is 5.84. The van der Waals surface area contributed by atoms with Crippen LogP contribution in [0.4, 0.5) is 5.69 Å². The maximum Gasteiger partial charge on any atom is 0.238 e. The average molecular weight is 265 g/mol. The molecule has 0 atom stereocenters. The highest BCUT2D eigenvalue weighted by atomic mass is 16.5. The molecule has 1 rings (SSSR count). The minimum atomic E-state index is -0.0449. The molecule has 0 saturated carbocycles. The number of carbonyl (C=O) groups is 1. The van der Waals surface area contributed by atoms with Crippen molar-refractivity contribution in [3.05, 3.63) is 29.8 Å². The second kappa shape index (κ2) is 8.63. The molecule has 1 amide bonds. The fraction of sp³-hybridized carbons (Fsp3) is 0.500. The molecule has 0 aliphatic rings. The van der Waals surface area contributed by atoms with Crippen LogP contribution in [-0.4, -0.2) is 51.7 Å². The molecule has 0 spiro atoms. The minimum absolute atomic E-state index is 0.0449. The molecule has 2 N–H and O–H groups in total. The van der Waals surface area contributed by atoms with Gasteiger partial charge in [-0.25, -0.2) is 0 Å². The topological polar surface area (TPSA) is 53.6 Å². The number of rotatable bonds is 8. The summed E-state index contributed by atoms with van der Waals surface area (Å²) in [6.07, 6.45) is 0. The van der Waals surface area contributed by atoms with Gasteiger partial charge in [0.2, 0.25) is 5.91 Å². The van der Waals surface area contributed by atoms with Gasteiger partial charge >= 0.3 is 0 Å². The molecule has 0 aliphatic heterocycles. The first-order chi connectivity index (χ1) is 9.11. The van der Waals surface area contributed by atoms with E-state index in [4.69, 9.17) is 4.74 Å². The van der Waals surface area contributed by atoms with E-state index in [2.05, 4.69) is 15.5 Å². The van der Waals surface area contributed by atoms with Gasteiger partial charge in [0.25, 0.3) is 0 Å². The molecule has 1 aromatic carbocycles. The van der Waals surface area contributed by atoms with E-state index in [1.807, 2.05) is 38.4 Å². The highest BCUT2D eigenvalue weighted by molar-refractivity contribution is 5.92. The van der Waals surface area contributed by atoms with Crippen molar-refractivity contribution in [1.82, 2.24) is 10.2 Å². The Labute approximate surface area is 114 Å². The Kier molecular flexibility index (Phi) is 7.10. The first-order valence-corrected chi connectivity index (χ1v) is 6.35. The van der Waals surface area contributed by atoms with E-state index in [1.165, 1.54) is 5.56 Å². The molecule has 0 saturated heterocycles. The molecule has 0 unspecified atom stereocenters. The normalized spacial score (nSPS) is 10.7. The molecule has 106 valence electrons. The third kappa shape index (κ3) is 6.91. The Morgan fingerprint density at radius 2 is 1.95 bits per heavy atom. The standard InChI is InChI=1S/C14H23N3O2/c1-17(2)11-12-4-6-13(7-5-12)16-14(18)10-15-8-9-19-3/h4-7,15H,8-11H2,1-3H3,(H,16,18). The second-order valence-corrected chi connectivity index (χ2v) is 4.65. The van der Waals surface area contributed by atoms with Crippen molar-refractivity contribution in [2.24, 2.45) is 0 Å². The van der Waals surface area contributed by atoms with E-state index in [1.54, 1.807) is 7.11 Å². The summed E-state index contributed by atoms with van der Waals surface area (Å²) in [5.41, 5.74) is 2.04. The van der Waals surface area contributed by atoms with Crippen LogP contribution in [0.3, 0.4) is 0 Å². The summed E-state index contributed by atoms with van der Waals surface area (Å²) in [7, 11) is 5.69. The Hall–Kier alpha value is -1.43. The number of ether oxygens (including phenoxy) is 1. The van der Waals surface area contributed by atoms with Crippen molar-refractivity contribution < 1.29 is 9.53 Å². The zero-order chi connectivity index (χ0) is 14.1. The van der Waals surface area contributed by atoms with Gasteiger partial charge in [0.1, 0.15) is 0 Å². The number of anilines is 1. The lowest BCUT2D eigenvalue weighted by molar-refractivity contribution is -0.115. The van der Waals surface area contributed by atoms with Crippen molar-refractivity contribution in [2.75, 3.05) is 46.2 Å². The van der Waals surface area contributed by atoms with Crippen LogP contribution in [0.5, 0.6) is 0 Å². The summed E-state index contributed by atoms with van der Waals surface area (Å²) in [4.78, 5) is 13.7. The highest BCUT2D eigenvalue weighted by Crippen LogP contribution is 2.10. The lowest BCUT2D eigenvalue weighted by Crippen LogP contribution is -2.30. The second-order valence-electron chi connectivity index (χ2n) is 4.65. The van der Waals surface area contributed by atoms with Gasteiger partial charge in [-0.2, -0.15) is 0 Å². The first-order valence-electron chi connectivity index (χ1n) is 6.35. The number of amides is 1. The predicted octanol–water partition coefficient (Wildman–Crippen LogP) is 0.923. The Morgan fingerprint density at radius 3 is 2.53 bits per heavy atom. The third-order valence-electron chi connectivity index (χ3n) is 2.51. The summed E-state index contributed by atoms with van der Waals surface area (Å²) >= 11 is 0. The first kappa shape index (κ1) is 15.6. The quantitative estimate of drug-likeness (QED) is 0.686. The van der Waals surface area contributed by atoms with Gasteiger partial charge in [0.05, 0.1) is 13.2 Å². The largest absolute Gasteiger partial charge is 0.383 e. The fourth-order valence-corrected chi connectivity index (χ4v) is 1.64. The van der Waals surface area contributed by atoms with Gasteiger partial charge in [0, 0.05) is 25.9 Å². The number of methoxy groups -OCH3 is 1. The molecular weight excluding hydrogens is 242 g/mol. The Morgan fingerprint density at radius 1 is 1.26 bits per heavy atom. The number of hydrogen-bond donors (Lipinski definition) is 2. The summed E-state index contributed by atoms with van der Waals surface area (Å²) in [6, 6.07) is 7.89. The van der Waals surface area contributed by atoms with E-state index in [0.717, 1.165) is 12.2 Å². The van der Waals surface area contributed by atoms with E-state index < -0.39 is 0 Å². The molecule has 0 heterocycles. The maximum absolute atomic E-state index is 11.6. The zero-order valence-corrected chi connectivity index (χ0v) is 11.9. The Balaban J connectivity index is 2.34. The van der Waals surface area contributed by atoms with Crippen molar-refractivity contribution in [1.29, 1.82) is 0 Å². The molecule has 5 nitrogen and oxygen atoms in total. The number of carbonyl (C=O) groups excluding carboxylic acids is 1. The van der Waals surface area contributed by atoms with Crippen LogP contribution >= 0.6 is 0 Å². The number of nitrogens with one attached hydrogen (secondary N) is 2. The van der Waals surface area contributed by atoms with Gasteiger partial charge in [-0.15, -0.1) is 0 Å². The van der Waals surface area contributed by atoms with Crippen LogP contribution in [0.15, 0.2) is 24.3 Å². The maximum atomic E-state index is 11.6. The molecule has 0 radical (unpaired) electrons. The van der Waals surface area contributed by atoms with E-state index >= 15 is 0 Å². The summed E-state index contributed by atoms with van der Waals surface area (Å²) in [5.74, 6) is -0.0449. The van der Waals surface area contributed by atoms with Gasteiger partial charge in [-0.3, -0.25) is 4.79 Å². The van der Waals surface area contributed by atoms with Gasteiger partial charge in [-0.1, -0.05) is 12.1 Å². The molecule has 1 aromatic rings. The van der Waals surface area contributed by atoms with Crippen LogP contribution in [0, 0.1) is 0 Å². The lowest BCUT2D eigenvalue weighted by atomic mass is 10.2. The van der Waals surface area contributed by atoms with Gasteiger partial charge < -0.3 is 20.3 Å². The molecular formula is C14H23N3O2. The molecule has 19 heavy (non-hydrogen) atoms. The number of hydrogen-bond acceptors (Lipinski definition) is 4. The zero-order valence-electron chi connectivity index (χ0n) is 11.9. The number of benzene rings is 1. The lowest BCUT2D eigenvalue weighted by Gasteiger charge is -2.11. The van der Waals surface area contributed by atoms with E-state index in [0.29, 0.717) is 19.7 Å². The minimum Gasteiger partial charge on any atom is -0.383 e. The van der Waals surface area contributed by atoms with Crippen LogP contribution in [0.1, 0.15) is 5.56 Å². The van der Waals surface area contributed by atoms with Crippen LogP contribution in [-0.2, 0) is 16.1 Å². The SMILES string of the molecule is COCCNCC(=O)Nc1ccc(CN(C)C)cc1. The summed E-state index contributed by atoms with van der Waals surface area (Å²) in [6.45, 7) is 2.47. The van der Waals surface area contributed by atoms with Crippen LogP contribution in [0.2, 0.25) is 0 Å². The van der Waals surface area contributed by atoms with Crippen molar-refractivity contribution in [3.8, 4) is 0 Å². The number of nitrogens with zero attached hydrogens (tertiary/aromatic N) is 1. The monoisotopic (exact) mass is 265 g/mol. The van der Waals surface area contributed by atoms with Gasteiger partial charge in [0.15, 0.2) is 0 Å². The predicted molar refractivity (Wildman–Crippen MR) is 77.2 cm³/mol. The fourth-order valence-electron chi connectivity index (χ4n) is 1.64. The van der Waals surface area contributed by atoms with Crippen LogP contribution in [0.25, 0.3) is 0 Å². The Bertz CT molecular complexity index is 377. The van der Waals surface area contributed by atoms with Crippen molar-refractivity contribution in [2.45, 2.75) is 6.54 Å². The van der Waals surface area contributed by atoms with Gasteiger partial charge in [-0.05, 0) is 31.8 Å². The third-order valence-corrected chi connectivity index (χ3v) is 2.51. The smallest absolute Gasteiger partial charge is 0.238 e. The average Bonchev–Trinajstić information content (AvgIpc) is 2.36. The molecule has 5 heteroatoms. The highest BCUT2D eigenvalue weighted by Gasteiger charge is 2.02. The van der Waals surface area contributed by atoms with E-state index in [-0.39, 0.29) is 5.91 Å². The van der Waals surface area contributed by atoms with E-state index in [9.17, 15) is 4.79 Å². The molecule has 0 fully saturated rings. The molecule has 0 aliphatic carbocycles. The van der Waals surface area contributed by atoms with Crippen molar-refractivity contribution >= 4 is 11.6 Å². The van der Waals surface area contributed by atoms with Crippen molar-refractivity contribution in [3.63, 3.8) is 0 Å². The molecule has 0 aromatic heterocycles. The molecule has 0 bridgehead atoms. The van der Waals surface area contributed by atoms with Crippen LogP contribution < -0.4 is 10.6 Å². The summed E-state index contributed by atoms with van der Waals surface area (Å²) < 4.78 is 4.89.